The maximum atomic E-state index is 12.4. The fourth-order valence-corrected chi connectivity index (χ4v) is 5.17. The van der Waals surface area contributed by atoms with Gasteiger partial charge in [-0.15, -0.1) is 0 Å². The Balaban J connectivity index is 1.32. The molecule has 1 aliphatic rings. The van der Waals surface area contributed by atoms with E-state index in [0.717, 1.165) is 59.6 Å². The van der Waals surface area contributed by atoms with Crippen LogP contribution in [0.1, 0.15) is 10.4 Å². The van der Waals surface area contributed by atoms with Crippen LogP contribution in [0.4, 0.5) is 5.13 Å². The highest BCUT2D eigenvalue weighted by molar-refractivity contribution is 7.22. The average Bonchev–Trinajstić information content (AvgIpc) is 3.26. The first-order valence-corrected chi connectivity index (χ1v) is 11.8. The van der Waals surface area contributed by atoms with E-state index in [1.54, 1.807) is 43.8 Å². The lowest BCUT2D eigenvalue weighted by Crippen LogP contribution is -2.48. The van der Waals surface area contributed by atoms with E-state index in [0.29, 0.717) is 22.2 Å². The standard InChI is InChI=1S/C22H24Cl2N4O3S/c1-30-17-5-6-18(31-2)20-19(17)26-22(32-20)28-11-9-27(10-12-28)8-7-25-21(29)15-13-14(23)3-4-16(15)24/h3-6,13H,7-12H2,1-2H3,(H,25,29). The molecule has 0 bridgehead atoms. The summed E-state index contributed by atoms with van der Waals surface area (Å²) in [6.07, 6.45) is 0. The summed E-state index contributed by atoms with van der Waals surface area (Å²) in [4.78, 5) is 21.8. The highest BCUT2D eigenvalue weighted by Crippen LogP contribution is 2.40. The molecule has 0 radical (unpaired) electrons. The normalized spacial score (nSPS) is 14.6. The lowest BCUT2D eigenvalue weighted by Gasteiger charge is -2.34. The van der Waals surface area contributed by atoms with Gasteiger partial charge in [0.1, 0.15) is 21.7 Å². The third-order valence-electron chi connectivity index (χ3n) is 5.43. The molecule has 1 fully saturated rings. The molecule has 3 aromatic rings. The van der Waals surface area contributed by atoms with Gasteiger partial charge in [0.05, 0.1) is 24.8 Å². The lowest BCUT2D eigenvalue weighted by atomic mass is 10.2. The molecule has 1 aliphatic heterocycles. The van der Waals surface area contributed by atoms with Gasteiger partial charge in [-0.1, -0.05) is 34.5 Å². The van der Waals surface area contributed by atoms with Crippen LogP contribution >= 0.6 is 34.5 Å². The van der Waals surface area contributed by atoms with Gasteiger partial charge in [-0.2, -0.15) is 0 Å². The zero-order chi connectivity index (χ0) is 22.7. The Kier molecular flexibility index (Phi) is 7.25. The molecular weight excluding hydrogens is 471 g/mol. The Bertz CT molecular complexity index is 1070. The minimum absolute atomic E-state index is 0.214. The maximum Gasteiger partial charge on any atom is 0.252 e. The number of ether oxygens (including phenoxy) is 2. The van der Waals surface area contributed by atoms with Crippen molar-refractivity contribution in [3.05, 3.63) is 45.9 Å². The second-order valence-corrected chi connectivity index (χ2v) is 9.17. The van der Waals surface area contributed by atoms with E-state index in [1.807, 2.05) is 12.1 Å². The van der Waals surface area contributed by atoms with E-state index in [-0.39, 0.29) is 5.91 Å². The minimum Gasteiger partial charge on any atom is -0.495 e. The first-order valence-electron chi connectivity index (χ1n) is 10.2. The van der Waals surface area contributed by atoms with Gasteiger partial charge in [0, 0.05) is 44.3 Å². The average molecular weight is 495 g/mol. The van der Waals surface area contributed by atoms with Crippen molar-refractivity contribution in [2.24, 2.45) is 0 Å². The van der Waals surface area contributed by atoms with Crippen LogP contribution < -0.4 is 19.7 Å². The number of thiazole rings is 1. The summed E-state index contributed by atoms with van der Waals surface area (Å²) in [6, 6.07) is 8.67. The summed E-state index contributed by atoms with van der Waals surface area (Å²) in [7, 11) is 3.32. The molecular formula is C22H24Cl2N4O3S. The van der Waals surface area contributed by atoms with Gasteiger partial charge in [0.15, 0.2) is 5.13 Å². The van der Waals surface area contributed by atoms with Gasteiger partial charge in [-0.25, -0.2) is 4.98 Å². The maximum absolute atomic E-state index is 12.4. The van der Waals surface area contributed by atoms with Crippen LogP contribution in [-0.2, 0) is 0 Å². The van der Waals surface area contributed by atoms with Gasteiger partial charge in [0.2, 0.25) is 0 Å². The SMILES string of the molecule is COc1ccc(OC)c2sc(N3CCN(CCNC(=O)c4cc(Cl)ccc4Cl)CC3)nc12. The number of fused-ring (bicyclic) bond motifs is 1. The third kappa shape index (κ3) is 4.88. The van der Waals surface area contributed by atoms with E-state index in [9.17, 15) is 4.79 Å². The van der Waals surface area contributed by atoms with Crippen LogP contribution in [0.5, 0.6) is 11.5 Å². The number of methoxy groups -OCH3 is 2. The van der Waals surface area contributed by atoms with E-state index in [1.165, 1.54) is 0 Å². The summed E-state index contributed by atoms with van der Waals surface area (Å²) < 4.78 is 12.0. The molecule has 7 nitrogen and oxygen atoms in total. The van der Waals surface area contributed by atoms with E-state index in [2.05, 4.69) is 15.1 Å². The predicted octanol–water partition coefficient (Wildman–Crippen LogP) is 4.17. The van der Waals surface area contributed by atoms with Gasteiger partial charge in [-0.05, 0) is 30.3 Å². The fraction of sp³-hybridized carbons (Fsp3) is 0.364. The first kappa shape index (κ1) is 22.9. The zero-order valence-corrected chi connectivity index (χ0v) is 20.2. The monoisotopic (exact) mass is 494 g/mol. The number of carbonyl (C=O) groups excluding carboxylic acids is 1. The minimum atomic E-state index is -0.214. The van der Waals surface area contributed by atoms with Crippen LogP contribution in [0, 0.1) is 0 Å². The number of amides is 1. The van der Waals surface area contributed by atoms with Crippen LogP contribution in [-0.4, -0.2) is 69.3 Å². The van der Waals surface area contributed by atoms with Crippen molar-refractivity contribution in [3.63, 3.8) is 0 Å². The number of nitrogens with one attached hydrogen (secondary N) is 1. The second kappa shape index (κ2) is 10.1. The van der Waals surface area contributed by atoms with Crippen molar-refractivity contribution in [3.8, 4) is 11.5 Å². The van der Waals surface area contributed by atoms with Crippen LogP contribution in [0.15, 0.2) is 30.3 Å². The molecule has 170 valence electrons. The fourth-order valence-electron chi connectivity index (χ4n) is 3.67. The summed E-state index contributed by atoms with van der Waals surface area (Å²) in [5, 5.41) is 4.77. The largest absolute Gasteiger partial charge is 0.495 e. The Morgan fingerprint density at radius 3 is 2.53 bits per heavy atom. The van der Waals surface area contributed by atoms with Crippen molar-refractivity contribution in [2.75, 3.05) is 58.4 Å². The van der Waals surface area contributed by atoms with Crippen molar-refractivity contribution < 1.29 is 14.3 Å². The second-order valence-electron chi connectivity index (χ2n) is 7.35. The first-order chi connectivity index (χ1) is 15.5. The number of aromatic nitrogens is 1. The molecule has 0 unspecified atom stereocenters. The number of halogens is 2. The number of piperazine rings is 1. The number of carbonyl (C=O) groups is 1. The predicted molar refractivity (Wildman–Crippen MR) is 130 cm³/mol. The Morgan fingerprint density at radius 2 is 1.81 bits per heavy atom. The van der Waals surface area contributed by atoms with Crippen molar-refractivity contribution in [1.82, 2.24) is 15.2 Å². The number of hydrogen-bond donors (Lipinski definition) is 1. The molecule has 0 atom stereocenters. The summed E-state index contributed by atoms with van der Waals surface area (Å²) in [5.74, 6) is 1.34. The molecule has 2 aromatic carbocycles. The number of anilines is 1. The molecule has 1 saturated heterocycles. The smallest absolute Gasteiger partial charge is 0.252 e. The number of benzene rings is 2. The molecule has 0 spiro atoms. The molecule has 32 heavy (non-hydrogen) atoms. The molecule has 4 rings (SSSR count). The Labute approximate surface area is 200 Å². The topological polar surface area (TPSA) is 66.9 Å². The molecule has 1 aromatic heterocycles. The molecule has 0 saturated carbocycles. The summed E-state index contributed by atoms with van der Waals surface area (Å²) in [6.45, 7) is 4.80. The van der Waals surface area contributed by atoms with Crippen LogP contribution in [0.2, 0.25) is 10.0 Å². The number of rotatable bonds is 7. The lowest BCUT2D eigenvalue weighted by molar-refractivity contribution is 0.0948. The van der Waals surface area contributed by atoms with Gasteiger partial charge >= 0.3 is 0 Å². The van der Waals surface area contributed by atoms with E-state index in [4.69, 9.17) is 37.7 Å². The quantitative estimate of drug-likeness (QED) is 0.531. The summed E-state index contributed by atoms with van der Waals surface area (Å²) in [5.41, 5.74) is 1.22. The molecule has 1 amide bonds. The van der Waals surface area contributed by atoms with Gasteiger partial charge in [0.25, 0.3) is 5.91 Å². The Hall–Kier alpha value is -2.26. The molecule has 0 aliphatic carbocycles. The van der Waals surface area contributed by atoms with Gasteiger partial charge < -0.3 is 19.7 Å². The van der Waals surface area contributed by atoms with E-state index < -0.39 is 0 Å². The molecule has 1 N–H and O–H groups in total. The number of nitrogens with zero attached hydrogens (tertiary/aromatic N) is 3. The van der Waals surface area contributed by atoms with Crippen molar-refractivity contribution >= 4 is 55.8 Å². The van der Waals surface area contributed by atoms with Crippen molar-refractivity contribution in [2.45, 2.75) is 0 Å². The Morgan fingerprint density at radius 1 is 1.09 bits per heavy atom. The highest BCUT2D eigenvalue weighted by atomic mass is 35.5. The van der Waals surface area contributed by atoms with Crippen LogP contribution in [0.3, 0.4) is 0 Å². The summed E-state index contributed by atoms with van der Waals surface area (Å²) >= 11 is 13.7. The highest BCUT2D eigenvalue weighted by Gasteiger charge is 2.22. The third-order valence-corrected chi connectivity index (χ3v) is 7.12. The molecule has 10 heteroatoms. The van der Waals surface area contributed by atoms with Crippen molar-refractivity contribution in [1.29, 1.82) is 0 Å². The van der Waals surface area contributed by atoms with Crippen LogP contribution in [0.25, 0.3) is 10.2 Å². The molecule has 2 heterocycles. The van der Waals surface area contributed by atoms with Gasteiger partial charge in [-0.3, -0.25) is 9.69 Å². The van der Waals surface area contributed by atoms with E-state index >= 15 is 0 Å². The number of hydrogen-bond acceptors (Lipinski definition) is 7. The zero-order valence-electron chi connectivity index (χ0n) is 17.9.